The number of hydrogen-bond donors (Lipinski definition) is 0. The number of nitrogens with zero attached hydrogens (tertiary/aromatic N) is 1. The van der Waals surface area contributed by atoms with Gasteiger partial charge in [0.15, 0.2) is 0 Å². The number of ether oxygens (including phenoxy) is 1. The van der Waals surface area contributed by atoms with Crippen molar-refractivity contribution in [2.24, 2.45) is 11.8 Å². The molecule has 26 heavy (non-hydrogen) atoms. The molecule has 5 heteroatoms. The van der Waals surface area contributed by atoms with E-state index >= 15 is 0 Å². The normalized spacial score (nSPS) is 18.2. The molecule has 2 atom stereocenters. The molecule has 1 saturated heterocycles. The Balaban J connectivity index is 1.95. The maximum atomic E-state index is 12.8. The standard InChI is InChI=1S/C21H29NO4/c1-3-4-5-6-7-8-9-16(15-23)19-14-20(24)22(21(19)25)17-10-12-18(26-2)13-11-17/h10-13,15-16,19H,3-9,14H2,1-2H3/t16?,19-/m0/s1. The zero-order valence-electron chi connectivity index (χ0n) is 15.8. The zero-order chi connectivity index (χ0) is 18.9. The third-order valence-electron chi connectivity index (χ3n) is 5.09. The first kappa shape index (κ1) is 20.1. The van der Waals surface area contributed by atoms with Gasteiger partial charge in [0.2, 0.25) is 11.8 Å². The Morgan fingerprint density at radius 2 is 1.77 bits per heavy atom. The number of carbonyl (C=O) groups is 3. The monoisotopic (exact) mass is 359 g/mol. The van der Waals surface area contributed by atoms with E-state index in [9.17, 15) is 14.4 Å². The highest BCUT2D eigenvalue weighted by molar-refractivity contribution is 6.21. The molecule has 1 aromatic carbocycles. The minimum absolute atomic E-state index is 0.115. The second kappa shape index (κ2) is 10.1. The first-order chi connectivity index (χ1) is 12.6. The van der Waals surface area contributed by atoms with E-state index in [0.29, 0.717) is 17.9 Å². The lowest BCUT2D eigenvalue weighted by molar-refractivity contribution is -0.125. The molecule has 0 bridgehead atoms. The summed E-state index contributed by atoms with van der Waals surface area (Å²) in [6.07, 6.45) is 8.47. The minimum atomic E-state index is -0.530. The van der Waals surface area contributed by atoms with Crippen LogP contribution in [0.1, 0.15) is 58.3 Å². The average molecular weight is 359 g/mol. The average Bonchev–Trinajstić information content (AvgIpc) is 2.95. The third-order valence-corrected chi connectivity index (χ3v) is 5.09. The van der Waals surface area contributed by atoms with E-state index < -0.39 is 5.92 Å². The number of aldehydes is 1. The molecule has 5 nitrogen and oxygen atoms in total. The molecule has 0 spiro atoms. The minimum Gasteiger partial charge on any atom is -0.497 e. The van der Waals surface area contributed by atoms with Crippen molar-refractivity contribution < 1.29 is 19.1 Å². The Kier molecular flexibility index (Phi) is 7.82. The lowest BCUT2D eigenvalue weighted by atomic mass is 9.87. The fraction of sp³-hybridized carbons (Fsp3) is 0.571. The number of rotatable bonds is 11. The van der Waals surface area contributed by atoms with Gasteiger partial charge in [0.25, 0.3) is 0 Å². The largest absolute Gasteiger partial charge is 0.497 e. The van der Waals surface area contributed by atoms with E-state index in [1.165, 1.54) is 24.2 Å². The molecule has 1 heterocycles. The molecule has 2 amide bonds. The van der Waals surface area contributed by atoms with Gasteiger partial charge in [-0.25, -0.2) is 0 Å². The van der Waals surface area contributed by atoms with Gasteiger partial charge in [-0.05, 0) is 30.7 Å². The second-order valence-electron chi connectivity index (χ2n) is 6.93. The lowest BCUT2D eigenvalue weighted by Crippen LogP contribution is -2.32. The summed E-state index contributed by atoms with van der Waals surface area (Å²) >= 11 is 0. The van der Waals surface area contributed by atoms with Crippen LogP contribution in [0.4, 0.5) is 5.69 Å². The summed E-state index contributed by atoms with van der Waals surface area (Å²) in [5.41, 5.74) is 0.535. The van der Waals surface area contributed by atoms with E-state index in [-0.39, 0.29) is 24.2 Å². The van der Waals surface area contributed by atoms with Crippen molar-refractivity contribution in [2.75, 3.05) is 12.0 Å². The molecule has 142 valence electrons. The van der Waals surface area contributed by atoms with E-state index in [1.54, 1.807) is 31.4 Å². The third kappa shape index (κ3) is 4.93. The van der Waals surface area contributed by atoms with Crippen LogP contribution in [-0.2, 0) is 14.4 Å². The van der Waals surface area contributed by atoms with Crippen LogP contribution in [0.15, 0.2) is 24.3 Å². The predicted molar refractivity (Wildman–Crippen MR) is 101 cm³/mol. The quantitative estimate of drug-likeness (QED) is 0.338. The van der Waals surface area contributed by atoms with Crippen LogP contribution in [0, 0.1) is 11.8 Å². The Morgan fingerprint density at radius 1 is 1.12 bits per heavy atom. The number of hydrogen-bond acceptors (Lipinski definition) is 4. The Labute approximate surface area is 155 Å². The van der Waals surface area contributed by atoms with Crippen molar-refractivity contribution in [1.82, 2.24) is 0 Å². The summed E-state index contributed by atoms with van der Waals surface area (Å²) in [4.78, 5) is 37.9. The predicted octanol–water partition coefficient (Wildman–Crippen LogP) is 4.14. The van der Waals surface area contributed by atoms with Crippen LogP contribution < -0.4 is 9.64 Å². The summed E-state index contributed by atoms with van der Waals surface area (Å²) in [6, 6.07) is 6.83. The molecule has 0 radical (unpaired) electrons. The Hall–Kier alpha value is -2.17. The van der Waals surface area contributed by atoms with Gasteiger partial charge in [-0.3, -0.25) is 14.5 Å². The van der Waals surface area contributed by atoms with Gasteiger partial charge in [-0.2, -0.15) is 0 Å². The fourth-order valence-corrected chi connectivity index (χ4v) is 3.52. The molecular weight excluding hydrogens is 330 g/mol. The van der Waals surface area contributed by atoms with Gasteiger partial charge in [-0.15, -0.1) is 0 Å². The van der Waals surface area contributed by atoms with Gasteiger partial charge in [0, 0.05) is 12.3 Å². The molecule has 0 N–H and O–H groups in total. The molecule has 1 aliphatic rings. The molecule has 1 unspecified atom stereocenters. The number of unbranched alkanes of at least 4 members (excludes halogenated alkanes) is 5. The van der Waals surface area contributed by atoms with E-state index in [4.69, 9.17) is 4.74 Å². The smallest absolute Gasteiger partial charge is 0.238 e. The zero-order valence-corrected chi connectivity index (χ0v) is 15.8. The summed E-state index contributed by atoms with van der Waals surface area (Å²) in [7, 11) is 1.56. The van der Waals surface area contributed by atoms with E-state index in [2.05, 4.69) is 6.92 Å². The number of imide groups is 1. The molecular formula is C21H29NO4. The molecule has 1 aromatic rings. The number of benzene rings is 1. The van der Waals surface area contributed by atoms with Crippen LogP contribution in [-0.4, -0.2) is 25.2 Å². The maximum Gasteiger partial charge on any atom is 0.238 e. The number of amides is 2. The Bertz CT molecular complexity index is 611. The number of anilines is 1. The Morgan fingerprint density at radius 3 is 2.38 bits per heavy atom. The SMILES string of the molecule is CCCCCCCCC(C=O)[C@@H]1CC(=O)N(c2ccc(OC)cc2)C1=O. The molecule has 0 aromatic heterocycles. The highest BCUT2D eigenvalue weighted by Gasteiger charge is 2.43. The highest BCUT2D eigenvalue weighted by atomic mass is 16.5. The van der Waals surface area contributed by atoms with Crippen LogP contribution in [0.5, 0.6) is 5.75 Å². The summed E-state index contributed by atoms with van der Waals surface area (Å²) in [5.74, 6) is -0.736. The van der Waals surface area contributed by atoms with Gasteiger partial charge < -0.3 is 9.53 Å². The molecule has 2 rings (SSSR count). The van der Waals surface area contributed by atoms with Crippen molar-refractivity contribution in [3.63, 3.8) is 0 Å². The summed E-state index contributed by atoms with van der Waals surface area (Å²) in [5, 5.41) is 0. The lowest BCUT2D eigenvalue weighted by Gasteiger charge is -2.18. The molecule has 0 aliphatic carbocycles. The van der Waals surface area contributed by atoms with Crippen LogP contribution >= 0.6 is 0 Å². The van der Waals surface area contributed by atoms with Crippen LogP contribution in [0.2, 0.25) is 0 Å². The van der Waals surface area contributed by atoms with Crippen molar-refractivity contribution in [3.05, 3.63) is 24.3 Å². The van der Waals surface area contributed by atoms with Gasteiger partial charge in [0.1, 0.15) is 12.0 Å². The summed E-state index contributed by atoms with van der Waals surface area (Å²) in [6.45, 7) is 2.18. The van der Waals surface area contributed by atoms with Crippen molar-refractivity contribution in [3.8, 4) is 5.75 Å². The van der Waals surface area contributed by atoms with Crippen molar-refractivity contribution in [1.29, 1.82) is 0 Å². The van der Waals surface area contributed by atoms with Crippen molar-refractivity contribution in [2.45, 2.75) is 58.3 Å². The molecule has 1 aliphatic heterocycles. The topological polar surface area (TPSA) is 63.7 Å². The van der Waals surface area contributed by atoms with E-state index in [1.807, 2.05) is 0 Å². The second-order valence-corrected chi connectivity index (χ2v) is 6.93. The molecule has 0 saturated carbocycles. The fourth-order valence-electron chi connectivity index (χ4n) is 3.52. The molecule has 1 fully saturated rings. The maximum absolute atomic E-state index is 12.8. The van der Waals surface area contributed by atoms with Crippen LogP contribution in [0.25, 0.3) is 0 Å². The summed E-state index contributed by atoms with van der Waals surface area (Å²) < 4.78 is 5.11. The van der Waals surface area contributed by atoms with Crippen LogP contribution in [0.3, 0.4) is 0 Å². The number of carbonyl (C=O) groups excluding carboxylic acids is 3. The first-order valence-electron chi connectivity index (χ1n) is 9.58. The highest BCUT2D eigenvalue weighted by Crippen LogP contribution is 2.33. The van der Waals surface area contributed by atoms with Crippen molar-refractivity contribution >= 4 is 23.8 Å². The first-order valence-corrected chi connectivity index (χ1v) is 9.58. The number of methoxy groups -OCH3 is 1. The van der Waals surface area contributed by atoms with Gasteiger partial charge in [0.05, 0.1) is 18.7 Å². The van der Waals surface area contributed by atoms with Gasteiger partial charge in [-0.1, -0.05) is 45.4 Å². The van der Waals surface area contributed by atoms with Gasteiger partial charge >= 0.3 is 0 Å². The van der Waals surface area contributed by atoms with E-state index in [0.717, 1.165) is 25.5 Å².